The number of carboxylic acids is 1. The first kappa shape index (κ1) is 20.2. The van der Waals surface area contributed by atoms with Gasteiger partial charge in [0, 0.05) is 6.54 Å². The van der Waals surface area contributed by atoms with E-state index in [0.29, 0.717) is 13.0 Å². The number of hydrogen-bond donors (Lipinski definition) is 3. The maximum absolute atomic E-state index is 11.9. The van der Waals surface area contributed by atoms with Crippen LogP contribution in [0.25, 0.3) is 0 Å². The number of nitrogens with two attached hydrogens (primary N) is 1. The van der Waals surface area contributed by atoms with Gasteiger partial charge in [-0.15, -0.1) is 0 Å². The second-order valence-electron chi connectivity index (χ2n) is 4.49. The zero-order chi connectivity index (χ0) is 18.0. The highest BCUT2D eigenvalue weighted by atomic mass is 16.6. The lowest BCUT2D eigenvalue weighted by atomic mass is 10.4. The number of aliphatic imine (C=N–C) groups is 2. The van der Waals surface area contributed by atoms with Crippen LogP contribution >= 0.6 is 0 Å². The minimum atomic E-state index is -1.07. The minimum Gasteiger partial charge on any atom is -0.480 e. The van der Waals surface area contributed by atoms with Crippen molar-refractivity contribution in [3.8, 4) is 0 Å². The van der Waals surface area contributed by atoms with Crippen molar-refractivity contribution in [3.05, 3.63) is 22.4 Å². The zero-order valence-corrected chi connectivity index (χ0v) is 13.0. The van der Waals surface area contributed by atoms with Crippen molar-refractivity contribution in [1.82, 2.24) is 10.2 Å². The summed E-state index contributed by atoms with van der Waals surface area (Å²) in [5, 5.41) is 21.7. The van der Waals surface area contributed by atoms with Crippen molar-refractivity contribution in [2.75, 3.05) is 26.8 Å². The Morgan fingerprint density at radius 3 is 2.57 bits per heavy atom. The van der Waals surface area contributed by atoms with Crippen LogP contribution in [0.15, 0.2) is 22.3 Å². The van der Waals surface area contributed by atoms with Crippen molar-refractivity contribution in [3.63, 3.8) is 0 Å². The maximum Gasteiger partial charge on any atom is 0.317 e. The molecule has 11 nitrogen and oxygen atoms in total. The first-order valence-corrected chi connectivity index (χ1v) is 6.59. The molecule has 0 aliphatic rings. The summed E-state index contributed by atoms with van der Waals surface area (Å²) in [6, 6.07) is 0. The summed E-state index contributed by atoms with van der Waals surface area (Å²) in [4.78, 5) is 41.0. The smallest absolute Gasteiger partial charge is 0.317 e. The monoisotopic (exact) mass is 328 g/mol. The van der Waals surface area contributed by atoms with Gasteiger partial charge in [-0.2, -0.15) is 0 Å². The fraction of sp³-hybridized carbons (Fsp3) is 0.500. The van der Waals surface area contributed by atoms with Crippen LogP contribution in [-0.2, 0) is 9.59 Å². The first-order chi connectivity index (χ1) is 10.7. The fourth-order valence-corrected chi connectivity index (χ4v) is 1.22. The maximum atomic E-state index is 11.9. The van der Waals surface area contributed by atoms with E-state index in [1.54, 1.807) is 0 Å². The van der Waals surface area contributed by atoms with E-state index in [4.69, 9.17) is 10.8 Å². The summed E-state index contributed by atoms with van der Waals surface area (Å²) in [6.07, 6.45) is 0.665. The Hall–Kier alpha value is -2.82. The van der Waals surface area contributed by atoms with E-state index in [1.807, 2.05) is 6.92 Å². The van der Waals surface area contributed by atoms with E-state index >= 15 is 0 Å². The lowest BCUT2D eigenvalue weighted by Gasteiger charge is -2.11. The molecule has 0 aromatic carbocycles. The topological polar surface area (TPSA) is 164 Å². The van der Waals surface area contributed by atoms with Crippen molar-refractivity contribution < 1.29 is 19.6 Å². The Labute approximate surface area is 132 Å². The number of nitrogens with zero attached hydrogens (tertiary/aromatic N) is 4. The largest absolute Gasteiger partial charge is 0.480 e. The number of carboxylic acid groups (broad SMARTS) is 1. The van der Waals surface area contributed by atoms with Crippen molar-refractivity contribution in [2.24, 2.45) is 15.7 Å². The number of aliphatic carboxylic acids is 1. The average molecular weight is 328 g/mol. The minimum absolute atomic E-state index is 0.150. The van der Waals surface area contributed by atoms with Gasteiger partial charge < -0.3 is 16.2 Å². The van der Waals surface area contributed by atoms with Crippen LogP contribution in [0.5, 0.6) is 0 Å². The van der Waals surface area contributed by atoms with Gasteiger partial charge in [-0.1, -0.05) is 6.92 Å². The summed E-state index contributed by atoms with van der Waals surface area (Å²) in [6.45, 7) is 4.88. The third kappa shape index (κ3) is 8.26. The lowest BCUT2D eigenvalue weighted by molar-refractivity contribution is -0.414. The zero-order valence-electron chi connectivity index (χ0n) is 13.0. The molecule has 0 bridgehead atoms. The molecule has 23 heavy (non-hydrogen) atoms. The SMILES string of the molecule is C=C(C(N)=N/C(=N\CN(C)CC(=O)O)C(=O)NCCC)[N+](=O)[O-]. The van der Waals surface area contributed by atoms with E-state index < -0.39 is 34.2 Å². The van der Waals surface area contributed by atoms with Crippen molar-refractivity contribution in [1.29, 1.82) is 0 Å². The summed E-state index contributed by atoms with van der Waals surface area (Å²) in [5.74, 6) is -2.68. The highest BCUT2D eigenvalue weighted by Gasteiger charge is 2.17. The predicted molar refractivity (Wildman–Crippen MR) is 83.6 cm³/mol. The molecule has 128 valence electrons. The normalized spacial score (nSPS) is 12.1. The Kier molecular flexibility index (Phi) is 8.77. The molecule has 1 amide bonds. The van der Waals surface area contributed by atoms with Gasteiger partial charge >= 0.3 is 11.7 Å². The Morgan fingerprint density at radius 1 is 1.48 bits per heavy atom. The van der Waals surface area contributed by atoms with Crippen molar-refractivity contribution in [2.45, 2.75) is 13.3 Å². The molecular formula is C12H20N6O5. The van der Waals surface area contributed by atoms with Gasteiger partial charge in [-0.25, -0.2) is 9.98 Å². The molecule has 0 saturated heterocycles. The molecule has 0 aliphatic carbocycles. The van der Waals surface area contributed by atoms with Crippen LogP contribution in [0.3, 0.4) is 0 Å². The number of hydrogen-bond acceptors (Lipinski definition) is 6. The Balaban J connectivity index is 5.26. The van der Waals surface area contributed by atoms with Crippen LogP contribution in [0.4, 0.5) is 0 Å². The molecule has 0 saturated carbocycles. The summed E-state index contributed by atoms with van der Waals surface area (Å²) in [5.41, 5.74) is 4.75. The molecule has 0 fully saturated rings. The van der Waals surface area contributed by atoms with Crippen LogP contribution in [0.1, 0.15) is 13.3 Å². The van der Waals surface area contributed by atoms with Crippen LogP contribution in [-0.4, -0.2) is 65.3 Å². The number of nitro groups is 1. The summed E-state index contributed by atoms with van der Waals surface area (Å²) >= 11 is 0. The molecule has 0 rings (SSSR count). The highest BCUT2D eigenvalue weighted by Crippen LogP contribution is 1.95. The molecule has 4 N–H and O–H groups in total. The van der Waals surface area contributed by atoms with E-state index in [2.05, 4.69) is 21.9 Å². The highest BCUT2D eigenvalue weighted by molar-refractivity contribution is 6.40. The number of amidine groups is 2. The van der Waals surface area contributed by atoms with Gasteiger partial charge in [0.05, 0.1) is 18.1 Å². The molecule has 0 radical (unpaired) electrons. The van der Waals surface area contributed by atoms with E-state index in [-0.39, 0.29) is 13.2 Å². The van der Waals surface area contributed by atoms with Gasteiger partial charge in [-0.3, -0.25) is 24.6 Å². The van der Waals surface area contributed by atoms with Crippen LogP contribution < -0.4 is 11.1 Å². The molecule has 0 atom stereocenters. The van der Waals surface area contributed by atoms with Gasteiger partial charge in [0.15, 0.2) is 0 Å². The number of nitrogens with one attached hydrogen (secondary N) is 1. The molecule has 0 unspecified atom stereocenters. The third-order valence-corrected chi connectivity index (χ3v) is 2.35. The predicted octanol–water partition coefficient (Wildman–Crippen LogP) is -0.967. The standard InChI is InChI=1S/C12H20N6O5/c1-4-5-14-12(21)11(15-7-17(3)6-9(19)20)16-10(13)8(2)18(22)23/h2,4-7H2,1,3H3,(H,14,21)(H,19,20)(H2,13,15,16). The molecule has 0 spiro atoms. The second kappa shape index (κ2) is 10.00. The summed E-state index contributed by atoms with van der Waals surface area (Å²) < 4.78 is 0. The molecule has 0 aromatic rings. The number of carbonyl (C=O) groups excluding carboxylic acids is 1. The molecule has 0 aliphatic heterocycles. The quantitative estimate of drug-likeness (QED) is 0.223. The van der Waals surface area contributed by atoms with Gasteiger partial charge in [-0.05, 0) is 20.0 Å². The van der Waals surface area contributed by atoms with Gasteiger partial charge in [0.1, 0.15) is 0 Å². The molecule has 11 heteroatoms. The molecule has 0 aromatic heterocycles. The Bertz CT molecular complexity index is 542. The number of carbonyl (C=O) groups is 2. The Morgan fingerprint density at radius 2 is 2.09 bits per heavy atom. The lowest BCUT2D eigenvalue weighted by Crippen LogP contribution is -2.34. The first-order valence-electron chi connectivity index (χ1n) is 6.59. The fourth-order valence-electron chi connectivity index (χ4n) is 1.22. The van der Waals surface area contributed by atoms with E-state index in [1.165, 1.54) is 11.9 Å². The van der Waals surface area contributed by atoms with Crippen molar-refractivity contribution >= 4 is 23.5 Å². The number of amides is 1. The van der Waals surface area contributed by atoms with E-state index in [0.717, 1.165) is 0 Å². The number of rotatable bonds is 8. The van der Waals surface area contributed by atoms with E-state index in [9.17, 15) is 19.7 Å². The average Bonchev–Trinajstić information content (AvgIpc) is 2.46. The second-order valence-corrected chi connectivity index (χ2v) is 4.49. The van der Waals surface area contributed by atoms with Gasteiger partial charge in [0.25, 0.3) is 5.91 Å². The van der Waals surface area contributed by atoms with Gasteiger partial charge in [0.2, 0.25) is 11.7 Å². The third-order valence-electron chi connectivity index (χ3n) is 2.35. The van der Waals surface area contributed by atoms with Crippen LogP contribution in [0.2, 0.25) is 0 Å². The molecule has 0 heterocycles. The summed E-state index contributed by atoms with van der Waals surface area (Å²) in [7, 11) is 1.47. The van der Waals surface area contributed by atoms with Crippen LogP contribution in [0, 0.1) is 10.1 Å². The number of likely N-dealkylation sites (N-methyl/N-ethyl adjacent to an activating group) is 1. The molecular weight excluding hydrogens is 308 g/mol.